The molecular formula is C15H14ClN3OS. The summed E-state index contributed by atoms with van der Waals surface area (Å²) in [5, 5.41) is 9.93. The lowest BCUT2D eigenvalue weighted by molar-refractivity contribution is 0.483. The van der Waals surface area contributed by atoms with Crippen molar-refractivity contribution in [1.29, 1.82) is 0 Å². The van der Waals surface area contributed by atoms with Crippen LogP contribution in [0, 0.1) is 0 Å². The minimum Gasteiger partial charge on any atom is -0.327 e. The summed E-state index contributed by atoms with van der Waals surface area (Å²) in [6.45, 7) is 0. The standard InChI is InChI=1S/C15H14ClN3OS/c16-11-7-17-15(20)12-13(9-5-6-21-8-9)18-19(14(11)12)10-3-1-2-4-10/h5-8,10H,1-4H2,(H,17,20). The van der Waals surface area contributed by atoms with Gasteiger partial charge in [-0.2, -0.15) is 16.4 Å². The molecule has 1 N–H and O–H groups in total. The molecule has 0 saturated heterocycles. The molecule has 4 nitrogen and oxygen atoms in total. The lowest BCUT2D eigenvalue weighted by atomic mass is 10.1. The van der Waals surface area contributed by atoms with Gasteiger partial charge in [-0.25, -0.2) is 0 Å². The van der Waals surface area contributed by atoms with E-state index in [9.17, 15) is 4.79 Å². The van der Waals surface area contributed by atoms with Gasteiger partial charge in [-0.15, -0.1) is 0 Å². The zero-order valence-corrected chi connectivity index (χ0v) is 12.9. The van der Waals surface area contributed by atoms with E-state index in [0.717, 1.165) is 29.6 Å². The van der Waals surface area contributed by atoms with E-state index >= 15 is 0 Å². The van der Waals surface area contributed by atoms with Crippen LogP contribution in [-0.2, 0) is 0 Å². The summed E-state index contributed by atoms with van der Waals surface area (Å²) in [7, 11) is 0. The van der Waals surface area contributed by atoms with Crippen molar-refractivity contribution >= 4 is 33.8 Å². The van der Waals surface area contributed by atoms with Crippen LogP contribution in [0.15, 0.2) is 27.8 Å². The molecule has 3 aromatic rings. The molecular weight excluding hydrogens is 306 g/mol. The Labute approximate surface area is 130 Å². The Hall–Kier alpha value is -1.59. The molecule has 3 heterocycles. The molecule has 0 spiro atoms. The second-order valence-corrected chi connectivity index (χ2v) is 6.62. The summed E-state index contributed by atoms with van der Waals surface area (Å²) in [5.74, 6) is 0. The van der Waals surface area contributed by atoms with E-state index in [4.69, 9.17) is 16.7 Å². The third-order valence-corrected chi connectivity index (χ3v) is 5.13. The first-order valence-corrected chi connectivity index (χ1v) is 8.40. The van der Waals surface area contributed by atoms with Gasteiger partial charge in [0.15, 0.2) is 0 Å². The van der Waals surface area contributed by atoms with Crippen LogP contribution in [0.25, 0.3) is 22.2 Å². The average molecular weight is 320 g/mol. The molecule has 0 amide bonds. The van der Waals surface area contributed by atoms with Crippen LogP contribution in [0.4, 0.5) is 0 Å². The maximum Gasteiger partial charge on any atom is 0.259 e. The van der Waals surface area contributed by atoms with E-state index in [1.54, 1.807) is 17.5 Å². The van der Waals surface area contributed by atoms with Gasteiger partial charge < -0.3 is 4.98 Å². The van der Waals surface area contributed by atoms with Gasteiger partial charge in [0.25, 0.3) is 5.56 Å². The van der Waals surface area contributed by atoms with Crippen molar-refractivity contribution in [2.24, 2.45) is 0 Å². The molecule has 4 rings (SSSR count). The number of H-pyrrole nitrogens is 1. The van der Waals surface area contributed by atoms with Crippen LogP contribution < -0.4 is 5.56 Å². The predicted molar refractivity (Wildman–Crippen MR) is 86.2 cm³/mol. The molecule has 0 bridgehead atoms. The monoisotopic (exact) mass is 319 g/mol. The smallest absolute Gasteiger partial charge is 0.259 e. The molecule has 0 atom stereocenters. The van der Waals surface area contributed by atoms with Crippen LogP contribution >= 0.6 is 22.9 Å². The summed E-state index contributed by atoms with van der Waals surface area (Å²) in [6, 6.07) is 2.34. The van der Waals surface area contributed by atoms with E-state index in [1.807, 2.05) is 21.5 Å². The van der Waals surface area contributed by atoms with Crippen molar-refractivity contribution in [2.75, 3.05) is 0 Å². The molecule has 0 aliphatic heterocycles. The highest BCUT2D eigenvalue weighted by atomic mass is 35.5. The predicted octanol–water partition coefficient (Wildman–Crippen LogP) is 4.22. The highest BCUT2D eigenvalue weighted by molar-refractivity contribution is 7.08. The first-order valence-electron chi connectivity index (χ1n) is 7.07. The van der Waals surface area contributed by atoms with Gasteiger partial charge in [0.1, 0.15) is 5.69 Å². The van der Waals surface area contributed by atoms with Gasteiger partial charge in [-0.3, -0.25) is 9.48 Å². The van der Waals surface area contributed by atoms with Crippen molar-refractivity contribution in [2.45, 2.75) is 31.7 Å². The molecule has 0 aromatic carbocycles. The number of hydrogen-bond donors (Lipinski definition) is 1. The number of halogens is 1. The van der Waals surface area contributed by atoms with Crippen LogP contribution in [-0.4, -0.2) is 14.8 Å². The van der Waals surface area contributed by atoms with Gasteiger partial charge in [0.05, 0.1) is 22.0 Å². The van der Waals surface area contributed by atoms with Gasteiger partial charge in [0.2, 0.25) is 0 Å². The van der Waals surface area contributed by atoms with Gasteiger partial charge in [-0.1, -0.05) is 24.4 Å². The maximum absolute atomic E-state index is 12.3. The lowest BCUT2D eigenvalue weighted by Gasteiger charge is -2.11. The summed E-state index contributed by atoms with van der Waals surface area (Å²) in [6.07, 6.45) is 6.18. The number of aromatic nitrogens is 3. The minimum absolute atomic E-state index is 0.125. The van der Waals surface area contributed by atoms with E-state index in [-0.39, 0.29) is 5.56 Å². The van der Waals surface area contributed by atoms with Crippen molar-refractivity contribution in [3.63, 3.8) is 0 Å². The van der Waals surface area contributed by atoms with Crippen molar-refractivity contribution in [3.8, 4) is 11.3 Å². The molecule has 21 heavy (non-hydrogen) atoms. The fraction of sp³-hybridized carbons (Fsp3) is 0.333. The molecule has 1 aliphatic rings. The lowest BCUT2D eigenvalue weighted by Crippen LogP contribution is -2.09. The number of nitrogens with zero attached hydrogens (tertiary/aromatic N) is 2. The summed E-state index contributed by atoms with van der Waals surface area (Å²) in [4.78, 5) is 15.0. The number of aromatic amines is 1. The third-order valence-electron chi connectivity index (χ3n) is 4.16. The van der Waals surface area contributed by atoms with Crippen LogP contribution in [0.2, 0.25) is 5.02 Å². The molecule has 6 heteroatoms. The van der Waals surface area contributed by atoms with Gasteiger partial charge in [0, 0.05) is 17.1 Å². The molecule has 1 aliphatic carbocycles. The van der Waals surface area contributed by atoms with Crippen molar-refractivity contribution in [1.82, 2.24) is 14.8 Å². The first kappa shape index (κ1) is 13.1. The van der Waals surface area contributed by atoms with Crippen molar-refractivity contribution in [3.05, 3.63) is 38.4 Å². The van der Waals surface area contributed by atoms with Crippen molar-refractivity contribution < 1.29 is 0 Å². The highest BCUT2D eigenvalue weighted by Crippen LogP contribution is 2.37. The number of rotatable bonds is 2. The topological polar surface area (TPSA) is 50.7 Å². The first-order chi connectivity index (χ1) is 10.3. The summed E-state index contributed by atoms with van der Waals surface area (Å²) in [5.41, 5.74) is 2.37. The second-order valence-electron chi connectivity index (χ2n) is 5.43. The van der Waals surface area contributed by atoms with E-state index in [1.165, 1.54) is 12.8 Å². The average Bonchev–Trinajstić information content (AvgIpc) is 3.21. The van der Waals surface area contributed by atoms with Gasteiger partial charge >= 0.3 is 0 Å². The molecule has 0 radical (unpaired) electrons. The Morgan fingerprint density at radius 3 is 2.90 bits per heavy atom. The number of thiophene rings is 1. The quantitative estimate of drug-likeness (QED) is 0.768. The molecule has 1 saturated carbocycles. The SMILES string of the molecule is O=c1[nH]cc(Cl)c2c1c(-c1ccsc1)nn2C1CCCC1. The second kappa shape index (κ2) is 5.00. The van der Waals surface area contributed by atoms with E-state index in [0.29, 0.717) is 16.5 Å². The number of pyridine rings is 1. The zero-order valence-electron chi connectivity index (χ0n) is 11.3. The zero-order chi connectivity index (χ0) is 14.4. The fourth-order valence-corrected chi connectivity index (χ4v) is 4.04. The van der Waals surface area contributed by atoms with Crippen LogP contribution in [0.3, 0.4) is 0 Å². The molecule has 108 valence electrons. The van der Waals surface area contributed by atoms with E-state index < -0.39 is 0 Å². The number of fused-ring (bicyclic) bond motifs is 1. The fourth-order valence-electron chi connectivity index (χ4n) is 3.16. The summed E-state index contributed by atoms with van der Waals surface area (Å²) >= 11 is 7.96. The largest absolute Gasteiger partial charge is 0.327 e. The molecule has 3 aromatic heterocycles. The summed E-state index contributed by atoms with van der Waals surface area (Å²) < 4.78 is 1.98. The normalized spacial score (nSPS) is 16.0. The molecule has 1 fully saturated rings. The Morgan fingerprint density at radius 2 is 2.19 bits per heavy atom. The maximum atomic E-state index is 12.3. The third kappa shape index (κ3) is 2.03. The number of hydrogen-bond acceptors (Lipinski definition) is 3. The van der Waals surface area contributed by atoms with Crippen LogP contribution in [0.5, 0.6) is 0 Å². The van der Waals surface area contributed by atoms with Crippen LogP contribution in [0.1, 0.15) is 31.7 Å². The number of nitrogens with one attached hydrogen (secondary N) is 1. The Bertz CT molecular complexity index is 844. The minimum atomic E-state index is -0.125. The Kier molecular flexibility index (Phi) is 3.12. The van der Waals surface area contributed by atoms with Gasteiger partial charge in [-0.05, 0) is 24.3 Å². The molecule has 0 unspecified atom stereocenters. The van der Waals surface area contributed by atoms with E-state index in [2.05, 4.69) is 4.98 Å². The Morgan fingerprint density at radius 1 is 1.38 bits per heavy atom. The highest BCUT2D eigenvalue weighted by Gasteiger charge is 2.25. The Balaban J connectivity index is 2.06.